The minimum absolute atomic E-state index is 0.331. The molecule has 0 radical (unpaired) electrons. The van der Waals surface area contributed by atoms with E-state index in [1.165, 1.54) is 0 Å². The average molecular weight is 419 g/mol. The van der Waals surface area contributed by atoms with Gasteiger partial charge in [0.1, 0.15) is 0 Å². The smallest absolute Gasteiger partial charge is 0.335 e. The van der Waals surface area contributed by atoms with Crippen molar-refractivity contribution in [3.8, 4) is 0 Å². The predicted octanol–water partition coefficient (Wildman–Crippen LogP) is 4.71. The van der Waals surface area contributed by atoms with Crippen molar-refractivity contribution in [1.29, 1.82) is 0 Å². The number of rotatable bonds is 7. The van der Waals surface area contributed by atoms with Crippen molar-refractivity contribution >= 4 is 11.9 Å². The molecule has 0 fully saturated rings. The van der Waals surface area contributed by atoms with Crippen molar-refractivity contribution in [1.82, 2.24) is 0 Å². The molecule has 2 rings (SSSR count). The van der Waals surface area contributed by atoms with Crippen LogP contribution in [0.4, 0.5) is 0 Å². The van der Waals surface area contributed by atoms with Gasteiger partial charge >= 0.3 is 11.9 Å². The van der Waals surface area contributed by atoms with Crippen LogP contribution in [0, 0.1) is 5.41 Å². The van der Waals surface area contributed by atoms with Crippen LogP contribution in [0.15, 0.2) is 60.7 Å². The summed E-state index contributed by atoms with van der Waals surface area (Å²) in [6, 6.07) is 16.6. The van der Waals surface area contributed by atoms with Gasteiger partial charge in [-0.05, 0) is 37.1 Å². The van der Waals surface area contributed by atoms with E-state index in [2.05, 4.69) is 0 Å². The Morgan fingerprint density at radius 1 is 0.767 bits per heavy atom. The van der Waals surface area contributed by atoms with Gasteiger partial charge in [0.25, 0.3) is 0 Å². The van der Waals surface area contributed by atoms with Crippen LogP contribution in [-0.4, -0.2) is 44.6 Å². The van der Waals surface area contributed by atoms with Crippen LogP contribution in [0.2, 0.25) is 0 Å². The summed E-state index contributed by atoms with van der Waals surface area (Å²) in [5, 5.41) is 36.1. The van der Waals surface area contributed by atoms with Crippen molar-refractivity contribution < 1.29 is 30.0 Å². The third kappa shape index (κ3) is 10.2. The quantitative estimate of drug-likeness (QED) is 0.517. The number of aromatic carboxylic acids is 2. The topological polar surface area (TPSA) is 115 Å². The molecule has 0 aliphatic heterocycles. The van der Waals surface area contributed by atoms with Gasteiger partial charge in [-0.2, -0.15) is 0 Å². The summed E-state index contributed by atoms with van der Waals surface area (Å²) in [5.74, 6) is -1.76. The lowest BCUT2D eigenvalue weighted by atomic mass is 9.78. The molecule has 0 amide bonds. The fourth-order valence-electron chi connectivity index (χ4n) is 2.56. The van der Waals surface area contributed by atoms with Crippen molar-refractivity contribution in [2.75, 3.05) is 0 Å². The third-order valence-electron chi connectivity index (χ3n) is 4.71. The van der Waals surface area contributed by atoms with Crippen molar-refractivity contribution in [2.45, 2.75) is 59.2 Å². The minimum atomic E-state index is -0.879. The van der Waals surface area contributed by atoms with Crippen LogP contribution in [0.25, 0.3) is 0 Å². The van der Waals surface area contributed by atoms with Crippen LogP contribution < -0.4 is 0 Å². The Bertz CT molecular complexity index is 678. The normalized spacial score (nSPS) is 12.3. The van der Waals surface area contributed by atoms with Gasteiger partial charge in [-0.15, -0.1) is 0 Å². The van der Waals surface area contributed by atoms with Gasteiger partial charge < -0.3 is 20.4 Å². The molecule has 166 valence electrons. The first-order chi connectivity index (χ1) is 14.1. The third-order valence-corrected chi connectivity index (χ3v) is 4.71. The van der Waals surface area contributed by atoms with Gasteiger partial charge in [0.05, 0.1) is 23.3 Å². The lowest BCUT2D eigenvalue weighted by Crippen LogP contribution is -2.40. The van der Waals surface area contributed by atoms with Crippen LogP contribution in [0.5, 0.6) is 0 Å². The van der Waals surface area contributed by atoms with Crippen molar-refractivity contribution in [3.63, 3.8) is 0 Å². The molecule has 0 heterocycles. The second-order valence-electron chi connectivity index (χ2n) is 7.39. The minimum Gasteiger partial charge on any atom is -0.478 e. The molecular weight excluding hydrogens is 384 g/mol. The summed E-state index contributed by atoms with van der Waals surface area (Å²) < 4.78 is 0. The highest BCUT2D eigenvalue weighted by atomic mass is 16.4. The summed E-state index contributed by atoms with van der Waals surface area (Å²) >= 11 is 0. The van der Waals surface area contributed by atoms with E-state index in [9.17, 15) is 19.8 Å². The number of carboxylic acids is 2. The zero-order valence-electron chi connectivity index (χ0n) is 18.2. The van der Waals surface area contributed by atoms with E-state index in [0.29, 0.717) is 17.5 Å². The first-order valence-corrected chi connectivity index (χ1v) is 10.0. The van der Waals surface area contributed by atoms with Gasteiger partial charge in [0, 0.05) is 5.41 Å². The van der Waals surface area contributed by atoms with E-state index in [0.717, 1.165) is 12.8 Å². The Kier molecular flexibility index (Phi) is 13.0. The Balaban J connectivity index is 0.000000426. The molecule has 2 aromatic rings. The fourth-order valence-corrected chi connectivity index (χ4v) is 2.56. The summed E-state index contributed by atoms with van der Waals surface area (Å²) in [5.41, 5.74) is 0.292. The maximum Gasteiger partial charge on any atom is 0.335 e. The molecule has 30 heavy (non-hydrogen) atoms. The number of hydrogen-bond donors (Lipinski definition) is 4. The average Bonchev–Trinajstić information content (AvgIpc) is 2.75. The van der Waals surface area contributed by atoms with Gasteiger partial charge in [0.15, 0.2) is 0 Å². The Morgan fingerprint density at radius 3 is 1.37 bits per heavy atom. The predicted molar refractivity (Wildman–Crippen MR) is 118 cm³/mol. The van der Waals surface area contributed by atoms with E-state index in [4.69, 9.17) is 10.2 Å². The highest BCUT2D eigenvalue weighted by Gasteiger charge is 2.33. The zero-order chi connectivity index (χ0) is 23.2. The number of hydrogen-bond acceptors (Lipinski definition) is 4. The molecule has 0 saturated carbocycles. The second-order valence-corrected chi connectivity index (χ2v) is 7.39. The molecule has 2 aromatic carbocycles. The van der Waals surface area contributed by atoms with Crippen LogP contribution >= 0.6 is 0 Å². The monoisotopic (exact) mass is 418 g/mol. The lowest BCUT2D eigenvalue weighted by molar-refractivity contribution is -0.0519. The molecule has 0 aliphatic rings. The highest BCUT2D eigenvalue weighted by molar-refractivity contribution is 5.87. The SMILES string of the molecule is CCCC(O)C(C)(C)C(O)CC.O=C(O)c1ccccc1.O=C(O)c1ccccc1. The molecule has 2 atom stereocenters. The standard InChI is InChI=1S/C10H22O2.2C7H6O2/c1-5-7-9(12)10(3,4)8(11)6-2;2*8-7(9)6-4-2-1-3-5-6/h8-9,11-12H,5-7H2,1-4H3;2*1-5H,(H,8,9). The molecule has 4 N–H and O–H groups in total. The second kappa shape index (κ2) is 14.3. The summed E-state index contributed by atoms with van der Waals surface area (Å²) in [6.45, 7) is 7.81. The number of carbonyl (C=O) groups is 2. The van der Waals surface area contributed by atoms with E-state index in [1.54, 1.807) is 60.7 Å². The van der Waals surface area contributed by atoms with Gasteiger partial charge in [-0.3, -0.25) is 0 Å². The molecule has 2 unspecified atom stereocenters. The highest BCUT2D eigenvalue weighted by Crippen LogP contribution is 2.29. The van der Waals surface area contributed by atoms with Crippen LogP contribution in [0.1, 0.15) is 67.7 Å². The van der Waals surface area contributed by atoms with E-state index >= 15 is 0 Å². The number of aliphatic hydroxyl groups excluding tert-OH is 2. The number of carboxylic acid groups (broad SMARTS) is 2. The van der Waals surface area contributed by atoms with E-state index < -0.39 is 24.1 Å². The maximum atomic E-state index is 10.2. The molecule has 6 heteroatoms. The zero-order valence-corrected chi connectivity index (χ0v) is 18.2. The molecule has 6 nitrogen and oxygen atoms in total. The molecule has 0 bridgehead atoms. The van der Waals surface area contributed by atoms with Crippen LogP contribution in [0.3, 0.4) is 0 Å². The first-order valence-electron chi connectivity index (χ1n) is 10.0. The van der Waals surface area contributed by atoms with Gasteiger partial charge in [-0.25, -0.2) is 9.59 Å². The molecule has 0 aromatic heterocycles. The van der Waals surface area contributed by atoms with Crippen molar-refractivity contribution in [3.05, 3.63) is 71.8 Å². The number of aliphatic hydroxyl groups is 2. The lowest BCUT2D eigenvalue weighted by Gasteiger charge is -2.34. The molecule has 0 saturated heterocycles. The summed E-state index contributed by atoms with van der Waals surface area (Å²) in [7, 11) is 0. The largest absolute Gasteiger partial charge is 0.478 e. The van der Waals surface area contributed by atoms with E-state index in [1.807, 2.05) is 27.7 Å². The Labute approximate surface area is 178 Å². The summed E-state index contributed by atoms with van der Waals surface area (Å²) in [6.07, 6.45) is 1.63. The summed E-state index contributed by atoms with van der Waals surface area (Å²) in [4.78, 5) is 20.4. The molecule has 0 spiro atoms. The molecular formula is C24H34O6. The Morgan fingerprint density at radius 2 is 1.13 bits per heavy atom. The maximum absolute atomic E-state index is 10.2. The van der Waals surface area contributed by atoms with Crippen LogP contribution in [-0.2, 0) is 0 Å². The van der Waals surface area contributed by atoms with E-state index in [-0.39, 0.29) is 5.41 Å². The molecule has 0 aliphatic carbocycles. The van der Waals surface area contributed by atoms with Gasteiger partial charge in [0.2, 0.25) is 0 Å². The first kappa shape index (κ1) is 27.3. The number of benzene rings is 2. The Hall–Kier alpha value is -2.70. The fraction of sp³-hybridized carbons (Fsp3) is 0.417. The van der Waals surface area contributed by atoms with Crippen molar-refractivity contribution in [2.24, 2.45) is 5.41 Å². The van der Waals surface area contributed by atoms with Gasteiger partial charge in [-0.1, -0.05) is 70.5 Å².